The third-order valence-corrected chi connectivity index (χ3v) is 4.84. The van der Waals surface area contributed by atoms with Gasteiger partial charge >= 0.3 is 5.97 Å². The van der Waals surface area contributed by atoms with Crippen LogP contribution in [0.3, 0.4) is 0 Å². The summed E-state index contributed by atoms with van der Waals surface area (Å²) in [5, 5.41) is 12.3. The van der Waals surface area contributed by atoms with Crippen LogP contribution in [0.2, 0.25) is 0 Å². The largest absolute Gasteiger partial charge is 0.481 e. The van der Waals surface area contributed by atoms with E-state index in [2.05, 4.69) is 5.32 Å². The van der Waals surface area contributed by atoms with Crippen LogP contribution in [0.15, 0.2) is 24.3 Å². The van der Waals surface area contributed by atoms with Crippen molar-refractivity contribution in [3.05, 3.63) is 29.8 Å². The summed E-state index contributed by atoms with van der Waals surface area (Å²) in [6.07, 6.45) is 3.17. The van der Waals surface area contributed by atoms with Crippen molar-refractivity contribution in [1.29, 1.82) is 0 Å². The SMILES string of the molecule is Nc1cccc(CC(=O)NC2C3CCC(C3)C2C(=O)O)c1. The summed E-state index contributed by atoms with van der Waals surface area (Å²) in [4.78, 5) is 23.6. The molecule has 2 aliphatic carbocycles. The molecule has 1 aromatic carbocycles. The van der Waals surface area contributed by atoms with E-state index < -0.39 is 11.9 Å². The molecule has 112 valence electrons. The number of carbonyl (C=O) groups excluding carboxylic acids is 1. The van der Waals surface area contributed by atoms with E-state index >= 15 is 0 Å². The molecule has 1 aromatic rings. The Morgan fingerprint density at radius 2 is 2.05 bits per heavy atom. The second-order valence-electron chi connectivity index (χ2n) is 6.21. The number of hydrogen-bond acceptors (Lipinski definition) is 3. The van der Waals surface area contributed by atoms with E-state index in [1.807, 2.05) is 12.1 Å². The third kappa shape index (κ3) is 2.73. The summed E-state index contributed by atoms with van der Waals surface area (Å²) in [5.41, 5.74) is 7.18. The lowest BCUT2D eigenvalue weighted by molar-refractivity contribution is -0.144. The van der Waals surface area contributed by atoms with Gasteiger partial charge in [0.25, 0.3) is 0 Å². The van der Waals surface area contributed by atoms with Gasteiger partial charge < -0.3 is 16.2 Å². The van der Waals surface area contributed by atoms with Gasteiger partial charge in [0, 0.05) is 11.7 Å². The van der Waals surface area contributed by atoms with Gasteiger partial charge in [-0.3, -0.25) is 9.59 Å². The number of nitrogen functional groups attached to an aromatic ring is 1. The van der Waals surface area contributed by atoms with E-state index in [-0.39, 0.29) is 24.3 Å². The molecule has 5 heteroatoms. The molecule has 5 nitrogen and oxygen atoms in total. The predicted molar refractivity (Wildman–Crippen MR) is 78.4 cm³/mol. The van der Waals surface area contributed by atoms with Gasteiger partial charge in [-0.1, -0.05) is 12.1 Å². The van der Waals surface area contributed by atoms with E-state index in [0.717, 1.165) is 24.8 Å². The lowest BCUT2D eigenvalue weighted by Gasteiger charge is -2.28. The van der Waals surface area contributed by atoms with Crippen molar-refractivity contribution >= 4 is 17.6 Å². The predicted octanol–water partition coefficient (Wildman–Crippen LogP) is 1.43. The highest BCUT2D eigenvalue weighted by atomic mass is 16.4. The number of hydrogen-bond donors (Lipinski definition) is 3. The first-order valence-corrected chi connectivity index (χ1v) is 7.41. The van der Waals surface area contributed by atoms with Crippen molar-refractivity contribution in [2.75, 3.05) is 5.73 Å². The quantitative estimate of drug-likeness (QED) is 0.731. The molecule has 2 fully saturated rings. The molecular weight excluding hydrogens is 268 g/mol. The zero-order valence-electron chi connectivity index (χ0n) is 11.8. The number of fused-ring (bicyclic) bond motifs is 2. The van der Waals surface area contributed by atoms with Crippen molar-refractivity contribution in [3.8, 4) is 0 Å². The molecule has 2 bridgehead atoms. The van der Waals surface area contributed by atoms with Gasteiger partial charge in [0.15, 0.2) is 0 Å². The molecule has 3 rings (SSSR count). The van der Waals surface area contributed by atoms with Gasteiger partial charge in [0.2, 0.25) is 5.91 Å². The minimum atomic E-state index is -0.781. The van der Waals surface area contributed by atoms with Gasteiger partial charge in [-0.05, 0) is 48.8 Å². The molecular formula is C16H20N2O3. The Morgan fingerprint density at radius 1 is 1.29 bits per heavy atom. The average Bonchev–Trinajstić information content (AvgIpc) is 2.99. The zero-order chi connectivity index (χ0) is 15.0. The second-order valence-corrected chi connectivity index (χ2v) is 6.21. The van der Waals surface area contributed by atoms with Crippen LogP contribution in [0.1, 0.15) is 24.8 Å². The Bertz CT molecular complexity index is 572. The number of aliphatic carboxylic acids is 1. The van der Waals surface area contributed by atoms with Gasteiger partial charge in [-0.25, -0.2) is 0 Å². The lowest BCUT2D eigenvalue weighted by atomic mass is 9.84. The number of rotatable bonds is 4. The van der Waals surface area contributed by atoms with Crippen molar-refractivity contribution in [3.63, 3.8) is 0 Å². The fourth-order valence-electron chi connectivity index (χ4n) is 3.98. The number of carboxylic acid groups (broad SMARTS) is 1. The van der Waals surface area contributed by atoms with E-state index in [0.29, 0.717) is 11.6 Å². The Balaban J connectivity index is 1.65. The maximum Gasteiger partial charge on any atom is 0.308 e. The highest BCUT2D eigenvalue weighted by Crippen LogP contribution is 2.48. The first kappa shape index (κ1) is 13.9. The Labute approximate surface area is 123 Å². The summed E-state index contributed by atoms with van der Waals surface area (Å²) in [6, 6.07) is 7.00. The van der Waals surface area contributed by atoms with E-state index in [1.165, 1.54) is 0 Å². The zero-order valence-corrected chi connectivity index (χ0v) is 11.8. The molecule has 2 aliphatic rings. The Hall–Kier alpha value is -2.04. The van der Waals surface area contributed by atoms with Crippen LogP contribution in [0, 0.1) is 17.8 Å². The van der Waals surface area contributed by atoms with Crippen molar-refractivity contribution in [2.24, 2.45) is 17.8 Å². The summed E-state index contributed by atoms with van der Waals surface area (Å²) in [5.74, 6) is -0.777. The molecule has 0 spiro atoms. The van der Waals surface area contributed by atoms with Gasteiger partial charge in [-0.15, -0.1) is 0 Å². The second kappa shape index (κ2) is 5.39. The fourth-order valence-corrected chi connectivity index (χ4v) is 3.98. The number of nitrogens with two attached hydrogens (primary N) is 1. The van der Waals surface area contributed by atoms with Crippen molar-refractivity contribution in [2.45, 2.75) is 31.7 Å². The molecule has 4 atom stereocenters. The van der Waals surface area contributed by atoms with Crippen LogP contribution in [0.5, 0.6) is 0 Å². The van der Waals surface area contributed by atoms with Crippen molar-refractivity contribution in [1.82, 2.24) is 5.32 Å². The first-order chi connectivity index (χ1) is 10.0. The molecule has 0 heterocycles. The number of benzene rings is 1. The first-order valence-electron chi connectivity index (χ1n) is 7.41. The van der Waals surface area contributed by atoms with Crippen LogP contribution >= 0.6 is 0 Å². The monoisotopic (exact) mass is 288 g/mol. The number of amides is 1. The van der Waals surface area contributed by atoms with Gasteiger partial charge in [-0.2, -0.15) is 0 Å². The summed E-state index contributed by atoms with van der Waals surface area (Å²) < 4.78 is 0. The van der Waals surface area contributed by atoms with Crippen molar-refractivity contribution < 1.29 is 14.7 Å². The molecule has 0 radical (unpaired) electrons. The molecule has 1 amide bonds. The number of carboxylic acids is 1. The summed E-state index contributed by atoms with van der Waals surface area (Å²) >= 11 is 0. The van der Waals surface area contributed by atoms with Crippen LogP contribution in [-0.4, -0.2) is 23.0 Å². The van der Waals surface area contributed by atoms with E-state index in [9.17, 15) is 14.7 Å². The summed E-state index contributed by atoms with van der Waals surface area (Å²) in [6.45, 7) is 0. The molecule has 0 aliphatic heterocycles. The van der Waals surface area contributed by atoms with Gasteiger partial charge in [0.1, 0.15) is 0 Å². The lowest BCUT2D eigenvalue weighted by Crippen LogP contribution is -2.47. The molecule has 0 saturated heterocycles. The molecule has 4 N–H and O–H groups in total. The van der Waals surface area contributed by atoms with E-state index in [1.54, 1.807) is 12.1 Å². The number of anilines is 1. The average molecular weight is 288 g/mol. The minimum Gasteiger partial charge on any atom is -0.481 e. The van der Waals surface area contributed by atoms with Crippen LogP contribution in [0.25, 0.3) is 0 Å². The Morgan fingerprint density at radius 3 is 2.76 bits per heavy atom. The molecule has 21 heavy (non-hydrogen) atoms. The third-order valence-electron chi connectivity index (χ3n) is 4.84. The van der Waals surface area contributed by atoms with Crippen LogP contribution in [-0.2, 0) is 16.0 Å². The highest BCUT2D eigenvalue weighted by Gasteiger charge is 2.51. The topological polar surface area (TPSA) is 92.4 Å². The minimum absolute atomic E-state index is 0.121. The number of carbonyl (C=O) groups is 2. The highest BCUT2D eigenvalue weighted by molar-refractivity contribution is 5.81. The molecule has 0 aromatic heterocycles. The maximum atomic E-state index is 12.2. The number of nitrogens with one attached hydrogen (secondary N) is 1. The standard InChI is InChI=1S/C16H20N2O3/c17-12-3-1-2-9(6-12)7-13(19)18-15-11-5-4-10(8-11)14(15)16(20)21/h1-3,6,10-11,14-15H,4-5,7-8,17H2,(H,18,19)(H,20,21). The molecule has 2 saturated carbocycles. The molecule has 4 unspecified atom stereocenters. The fraction of sp³-hybridized carbons (Fsp3) is 0.500. The van der Waals surface area contributed by atoms with Crippen LogP contribution < -0.4 is 11.1 Å². The maximum absolute atomic E-state index is 12.2. The van der Waals surface area contributed by atoms with Crippen LogP contribution in [0.4, 0.5) is 5.69 Å². The normalized spacial score (nSPS) is 30.3. The summed E-state index contributed by atoms with van der Waals surface area (Å²) in [7, 11) is 0. The Kier molecular flexibility index (Phi) is 3.57. The van der Waals surface area contributed by atoms with Gasteiger partial charge in [0.05, 0.1) is 12.3 Å². The van der Waals surface area contributed by atoms with E-state index in [4.69, 9.17) is 5.73 Å². The smallest absolute Gasteiger partial charge is 0.308 e.